The lowest BCUT2D eigenvalue weighted by atomic mass is 9.99. The first kappa shape index (κ1) is 14.3. The van der Waals surface area contributed by atoms with Crippen LogP contribution >= 0.6 is 11.8 Å². The van der Waals surface area contributed by atoms with Gasteiger partial charge in [0.2, 0.25) is 0 Å². The van der Waals surface area contributed by atoms with Crippen molar-refractivity contribution < 1.29 is 9.90 Å². The zero-order valence-electron chi connectivity index (χ0n) is 10.4. The number of aryl methyl sites for hydroxylation is 1. The van der Waals surface area contributed by atoms with E-state index in [-0.39, 0.29) is 11.0 Å². The number of benzene rings is 1. The van der Waals surface area contributed by atoms with Gasteiger partial charge in [0.15, 0.2) is 5.12 Å². The first-order valence-corrected chi connectivity index (χ1v) is 7.02. The Labute approximate surface area is 107 Å². The van der Waals surface area contributed by atoms with Gasteiger partial charge in [-0.15, -0.1) is 0 Å². The van der Waals surface area contributed by atoms with Crippen LogP contribution in [0, 0.1) is 5.92 Å². The lowest BCUT2D eigenvalue weighted by molar-refractivity contribution is -0.117. The van der Waals surface area contributed by atoms with Gasteiger partial charge in [0.1, 0.15) is 0 Å². The van der Waals surface area contributed by atoms with Crippen molar-refractivity contribution in [1.29, 1.82) is 0 Å². The molecule has 0 radical (unpaired) electrons. The summed E-state index contributed by atoms with van der Waals surface area (Å²) >= 11 is 1.29. The molecule has 0 aliphatic heterocycles. The van der Waals surface area contributed by atoms with Gasteiger partial charge in [-0.05, 0) is 24.2 Å². The fourth-order valence-electron chi connectivity index (χ4n) is 1.64. The largest absolute Gasteiger partial charge is 0.392 e. The summed E-state index contributed by atoms with van der Waals surface area (Å²) in [5.74, 6) is 0.498. The molecule has 0 saturated heterocycles. The Hall–Kier alpha value is -0.800. The summed E-state index contributed by atoms with van der Waals surface area (Å²) in [5.41, 5.74) is 1.20. The Morgan fingerprint density at radius 1 is 1.35 bits per heavy atom. The molecule has 0 amide bonds. The van der Waals surface area contributed by atoms with E-state index in [4.69, 9.17) is 0 Å². The third-order valence-corrected chi connectivity index (χ3v) is 3.75. The quantitative estimate of drug-likeness (QED) is 0.846. The number of aliphatic hydroxyl groups excluding tert-OH is 1. The highest BCUT2D eigenvalue weighted by atomic mass is 32.2. The lowest BCUT2D eigenvalue weighted by Crippen LogP contribution is -2.24. The van der Waals surface area contributed by atoms with E-state index in [0.29, 0.717) is 6.42 Å². The summed E-state index contributed by atoms with van der Waals surface area (Å²) in [6.07, 6.45) is 0.916. The smallest absolute Gasteiger partial charge is 0.194 e. The van der Waals surface area contributed by atoms with Crippen LogP contribution in [0.3, 0.4) is 0 Å². The van der Waals surface area contributed by atoms with Gasteiger partial charge in [-0.25, -0.2) is 0 Å². The van der Waals surface area contributed by atoms with E-state index >= 15 is 0 Å². The summed E-state index contributed by atoms with van der Waals surface area (Å²) in [4.78, 5) is 11.6. The van der Waals surface area contributed by atoms with Crippen LogP contribution in [0.15, 0.2) is 30.3 Å². The van der Waals surface area contributed by atoms with E-state index in [1.165, 1.54) is 17.3 Å². The van der Waals surface area contributed by atoms with E-state index in [0.717, 1.165) is 12.2 Å². The fraction of sp³-hybridized carbons (Fsp3) is 0.500. The van der Waals surface area contributed by atoms with Crippen molar-refractivity contribution >= 4 is 16.9 Å². The average Bonchev–Trinajstić information content (AvgIpc) is 2.36. The highest BCUT2D eigenvalue weighted by Gasteiger charge is 2.21. The number of carbonyl (C=O) groups is 1. The van der Waals surface area contributed by atoms with E-state index in [1.54, 1.807) is 6.92 Å². The molecule has 1 rings (SSSR count). The third-order valence-electron chi connectivity index (χ3n) is 2.81. The molecule has 1 aromatic rings. The van der Waals surface area contributed by atoms with Crippen LogP contribution in [0.4, 0.5) is 0 Å². The SMILES string of the molecule is CCSC(=O)C(C)C(O)CCc1ccccc1. The molecular weight excluding hydrogens is 232 g/mol. The maximum absolute atomic E-state index is 11.6. The van der Waals surface area contributed by atoms with Crippen molar-refractivity contribution in [3.8, 4) is 0 Å². The molecule has 17 heavy (non-hydrogen) atoms. The number of aliphatic hydroxyl groups is 1. The number of rotatable bonds is 6. The van der Waals surface area contributed by atoms with Crippen LogP contribution in [-0.2, 0) is 11.2 Å². The normalized spacial score (nSPS) is 14.3. The van der Waals surface area contributed by atoms with E-state index in [9.17, 15) is 9.90 Å². The zero-order chi connectivity index (χ0) is 12.7. The second-order valence-corrected chi connectivity index (χ2v) is 5.40. The summed E-state index contributed by atoms with van der Waals surface area (Å²) in [7, 11) is 0. The summed E-state index contributed by atoms with van der Waals surface area (Å²) in [6, 6.07) is 10.0. The van der Waals surface area contributed by atoms with Crippen LogP contribution < -0.4 is 0 Å². The fourth-order valence-corrected chi connectivity index (χ4v) is 2.34. The number of hydrogen-bond donors (Lipinski definition) is 1. The van der Waals surface area contributed by atoms with Crippen LogP contribution in [-0.4, -0.2) is 22.1 Å². The molecule has 3 heteroatoms. The second-order valence-electron chi connectivity index (χ2n) is 4.13. The third kappa shape index (κ3) is 4.92. The second kappa shape index (κ2) is 7.51. The van der Waals surface area contributed by atoms with Crippen molar-refractivity contribution in [3.05, 3.63) is 35.9 Å². The molecule has 0 fully saturated rings. The van der Waals surface area contributed by atoms with Crippen LogP contribution in [0.2, 0.25) is 0 Å². The Balaban J connectivity index is 2.39. The number of thioether (sulfide) groups is 1. The van der Waals surface area contributed by atoms with Crippen LogP contribution in [0.1, 0.15) is 25.8 Å². The van der Waals surface area contributed by atoms with E-state index in [1.807, 2.05) is 37.3 Å². The molecule has 0 aromatic heterocycles. The van der Waals surface area contributed by atoms with Gasteiger partial charge in [0.05, 0.1) is 12.0 Å². The maximum Gasteiger partial charge on any atom is 0.194 e. The van der Waals surface area contributed by atoms with Gasteiger partial charge in [-0.3, -0.25) is 4.79 Å². The van der Waals surface area contributed by atoms with Crippen molar-refractivity contribution in [3.63, 3.8) is 0 Å². The minimum atomic E-state index is -0.540. The molecule has 2 unspecified atom stereocenters. The van der Waals surface area contributed by atoms with Gasteiger partial charge in [0.25, 0.3) is 0 Å². The van der Waals surface area contributed by atoms with Gasteiger partial charge in [-0.1, -0.05) is 55.9 Å². The molecule has 94 valence electrons. The molecule has 0 saturated carbocycles. The molecular formula is C14H20O2S. The Morgan fingerprint density at radius 2 is 2.00 bits per heavy atom. The zero-order valence-corrected chi connectivity index (χ0v) is 11.2. The summed E-state index contributed by atoms with van der Waals surface area (Å²) < 4.78 is 0. The summed E-state index contributed by atoms with van der Waals surface area (Å²) in [5, 5.41) is 10.0. The topological polar surface area (TPSA) is 37.3 Å². The lowest BCUT2D eigenvalue weighted by Gasteiger charge is -2.16. The molecule has 0 heterocycles. The van der Waals surface area contributed by atoms with Crippen molar-refractivity contribution in [2.45, 2.75) is 32.8 Å². The van der Waals surface area contributed by atoms with Crippen molar-refractivity contribution in [1.82, 2.24) is 0 Å². The molecule has 0 aliphatic rings. The Bertz CT molecular complexity index is 337. The Kier molecular flexibility index (Phi) is 6.30. The predicted molar refractivity (Wildman–Crippen MR) is 73.1 cm³/mol. The van der Waals surface area contributed by atoms with Gasteiger partial charge < -0.3 is 5.11 Å². The molecule has 0 spiro atoms. The Morgan fingerprint density at radius 3 is 2.59 bits per heavy atom. The monoisotopic (exact) mass is 252 g/mol. The van der Waals surface area contributed by atoms with Crippen molar-refractivity contribution in [2.75, 3.05) is 5.75 Å². The molecule has 1 N–H and O–H groups in total. The maximum atomic E-state index is 11.6. The van der Waals surface area contributed by atoms with Crippen molar-refractivity contribution in [2.24, 2.45) is 5.92 Å². The highest BCUT2D eigenvalue weighted by molar-refractivity contribution is 8.13. The first-order chi connectivity index (χ1) is 8.15. The summed E-state index contributed by atoms with van der Waals surface area (Å²) in [6.45, 7) is 3.76. The van der Waals surface area contributed by atoms with E-state index in [2.05, 4.69) is 0 Å². The first-order valence-electron chi connectivity index (χ1n) is 6.03. The predicted octanol–water partition coefficient (Wildman–Crippen LogP) is 2.90. The molecule has 0 aliphatic carbocycles. The number of carbonyl (C=O) groups excluding carboxylic acids is 1. The average molecular weight is 252 g/mol. The minimum Gasteiger partial charge on any atom is -0.392 e. The highest BCUT2D eigenvalue weighted by Crippen LogP contribution is 2.18. The molecule has 2 atom stereocenters. The number of hydrogen-bond acceptors (Lipinski definition) is 3. The van der Waals surface area contributed by atoms with Gasteiger partial charge >= 0.3 is 0 Å². The molecule has 1 aromatic carbocycles. The van der Waals surface area contributed by atoms with Crippen LogP contribution in [0.5, 0.6) is 0 Å². The van der Waals surface area contributed by atoms with Gasteiger partial charge in [0, 0.05) is 0 Å². The molecule has 2 nitrogen and oxygen atoms in total. The molecule has 0 bridgehead atoms. The van der Waals surface area contributed by atoms with Gasteiger partial charge in [-0.2, -0.15) is 0 Å². The van der Waals surface area contributed by atoms with Crippen LogP contribution in [0.25, 0.3) is 0 Å². The van der Waals surface area contributed by atoms with E-state index < -0.39 is 6.10 Å². The standard InChI is InChI=1S/C14H20O2S/c1-3-17-14(16)11(2)13(15)10-9-12-7-5-4-6-8-12/h4-8,11,13,15H,3,9-10H2,1-2H3. The minimum absolute atomic E-state index is 0.0908.